The van der Waals surface area contributed by atoms with Gasteiger partial charge in [-0.3, -0.25) is 14.4 Å². The highest BCUT2D eigenvalue weighted by molar-refractivity contribution is 5.71. The molecule has 1 unspecified atom stereocenters. The summed E-state index contributed by atoms with van der Waals surface area (Å²) in [5.74, 6) is -0.907. The number of carbonyl (C=O) groups excluding carboxylic acids is 3. The molecule has 6 nitrogen and oxygen atoms in total. The molecule has 0 aromatic rings. The number of ether oxygens (including phenoxy) is 3. The molecule has 0 aliphatic carbocycles. The standard InChI is InChI=1S/C77H130O6/c1-4-7-10-13-16-19-22-25-28-30-32-33-34-35-36-37-38-39-40-41-42-43-45-46-49-52-55-58-61-64-67-70-76(79)82-73-74(72-81-75(78)69-66-63-60-57-54-51-48-27-24-21-18-15-12-9-6-3)83-77(80)71-68-65-62-59-56-53-50-47-44-31-29-26-23-20-17-14-11-8-5-2/h7,9-10,12,16-21,25-29,32-33,44,47-48,74H,4-6,8,11,13-15,22-24,30-31,34-43,45-46,49-73H2,1-3H3/b10-7-,12-9-,19-16-,20-17-,21-18-,28-25-,29-26-,33-32-,47-44-,48-27-. The smallest absolute Gasteiger partial charge is 0.306 e. The lowest BCUT2D eigenvalue weighted by atomic mass is 10.0. The minimum atomic E-state index is -0.795. The van der Waals surface area contributed by atoms with E-state index in [1.165, 1.54) is 141 Å². The summed E-state index contributed by atoms with van der Waals surface area (Å²) in [5, 5.41) is 0. The van der Waals surface area contributed by atoms with Gasteiger partial charge in [0, 0.05) is 19.3 Å². The molecule has 0 saturated heterocycles. The average Bonchev–Trinajstić information content (AvgIpc) is 3.49. The Morgan fingerprint density at radius 1 is 0.253 bits per heavy atom. The van der Waals surface area contributed by atoms with E-state index < -0.39 is 6.10 Å². The van der Waals surface area contributed by atoms with Crippen molar-refractivity contribution in [3.8, 4) is 0 Å². The van der Waals surface area contributed by atoms with Crippen LogP contribution in [0.15, 0.2) is 122 Å². The maximum absolute atomic E-state index is 12.9. The molecule has 0 amide bonds. The molecule has 0 bridgehead atoms. The van der Waals surface area contributed by atoms with Crippen LogP contribution >= 0.6 is 0 Å². The molecule has 0 spiro atoms. The molecule has 6 heteroatoms. The molecular weight excluding hydrogens is 1020 g/mol. The van der Waals surface area contributed by atoms with Crippen LogP contribution in [0, 0.1) is 0 Å². The average molecular weight is 1150 g/mol. The van der Waals surface area contributed by atoms with Crippen molar-refractivity contribution in [2.45, 2.75) is 335 Å². The van der Waals surface area contributed by atoms with Gasteiger partial charge in [-0.25, -0.2) is 0 Å². The van der Waals surface area contributed by atoms with Gasteiger partial charge >= 0.3 is 17.9 Å². The SMILES string of the molecule is CC/C=C\C/C=C\C/C=C\C/C=C\CCCCCCCCCCCCCCCCCCCCC(=O)OCC(COC(=O)CCCCCCC/C=C\C/C=C\C/C=C\CC)OC(=O)CCCCCCCC/C=C\C/C=C\C/C=C\CCCCC. The summed E-state index contributed by atoms with van der Waals surface area (Å²) in [5.41, 5.74) is 0. The van der Waals surface area contributed by atoms with Gasteiger partial charge in [0.2, 0.25) is 0 Å². The number of unbranched alkanes of at least 4 members (excludes halogenated alkanes) is 32. The molecule has 474 valence electrons. The van der Waals surface area contributed by atoms with E-state index in [1.807, 2.05) is 0 Å². The normalized spacial score (nSPS) is 12.9. The Morgan fingerprint density at radius 2 is 0.470 bits per heavy atom. The predicted octanol–water partition coefficient (Wildman–Crippen LogP) is 24.3. The van der Waals surface area contributed by atoms with Crippen LogP contribution < -0.4 is 0 Å². The Balaban J connectivity index is 4.27. The van der Waals surface area contributed by atoms with E-state index in [0.29, 0.717) is 19.3 Å². The van der Waals surface area contributed by atoms with Gasteiger partial charge in [0.15, 0.2) is 6.10 Å². The highest BCUT2D eigenvalue weighted by Gasteiger charge is 2.19. The Labute approximate surface area is 513 Å². The van der Waals surface area contributed by atoms with Crippen molar-refractivity contribution in [2.24, 2.45) is 0 Å². The number of esters is 3. The van der Waals surface area contributed by atoms with E-state index in [-0.39, 0.29) is 31.1 Å². The van der Waals surface area contributed by atoms with Crippen molar-refractivity contribution in [1.82, 2.24) is 0 Å². The Bertz CT molecular complexity index is 1700. The third-order valence-electron chi connectivity index (χ3n) is 14.9. The number of hydrogen-bond donors (Lipinski definition) is 0. The molecular formula is C77H130O6. The van der Waals surface area contributed by atoms with Crippen molar-refractivity contribution in [2.75, 3.05) is 13.2 Å². The van der Waals surface area contributed by atoms with Gasteiger partial charge in [-0.2, -0.15) is 0 Å². The molecule has 0 radical (unpaired) electrons. The zero-order valence-electron chi connectivity index (χ0n) is 54.4. The summed E-state index contributed by atoms with van der Waals surface area (Å²) in [6, 6.07) is 0. The Hall–Kier alpha value is -4.19. The summed E-state index contributed by atoms with van der Waals surface area (Å²) in [6.07, 6.45) is 98.0. The lowest BCUT2D eigenvalue weighted by molar-refractivity contribution is -0.167. The first-order valence-corrected chi connectivity index (χ1v) is 35.0. The van der Waals surface area contributed by atoms with E-state index in [0.717, 1.165) is 148 Å². The number of allylic oxidation sites excluding steroid dienone is 20. The lowest BCUT2D eigenvalue weighted by Gasteiger charge is -2.18. The van der Waals surface area contributed by atoms with Gasteiger partial charge in [-0.1, -0.05) is 303 Å². The van der Waals surface area contributed by atoms with Gasteiger partial charge < -0.3 is 14.2 Å². The van der Waals surface area contributed by atoms with Crippen LogP contribution in [-0.4, -0.2) is 37.2 Å². The second kappa shape index (κ2) is 70.3. The first-order valence-electron chi connectivity index (χ1n) is 35.0. The number of carbonyl (C=O) groups is 3. The highest BCUT2D eigenvalue weighted by Crippen LogP contribution is 2.17. The molecule has 0 rings (SSSR count). The van der Waals surface area contributed by atoms with Crippen LogP contribution in [-0.2, 0) is 28.6 Å². The Kier molecular flexibility index (Phi) is 66.7. The van der Waals surface area contributed by atoms with Crippen molar-refractivity contribution in [1.29, 1.82) is 0 Å². The van der Waals surface area contributed by atoms with Gasteiger partial charge in [-0.05, 0) is 128 Å². The Morgan fingerprint density at radius 3 is 0.735 bits per heavy atom. The van der Waals surface area contributed by atoms with Crippen LogP contribution in [0.3, 0.4) is 0 Å². The van der Waals surface area contributed by atoms with Crippen LogP contribution in [0.2, 0.25) is 0 Å². The monoisotopic (exact) mass is 1150 g/mol. The largest absolute Gasteiger partial charge is 0.462 e. The first-order chi connectivity index (χ1) is 41.0. The highest BCUT2D eigenvalue weighted by atomic mass is 16.6. The van der Waals surface area contributed by atoms with E-state index in [9.17, 15) is 14.4 Å². The van der Waals surface area contributed by atoms with E-state index in [1.54, 1.807) is 0 Å². The number of rotatable bonds is 63. The van der Waals surface area contributed by atoms with Crippen LogP contribution in [0.25, 0.3) is 0 Å². The molecule has 0 aromatic heterocycles. The third-order valence-corrected chi connectivity index (χ3v) is 14.9. The molecule has 0 aliphatic rings. The summed E-state index contributed by atoms with van der Waals surface area (Å²) in [7, 11) is 0. The molecule has 1 atom stereocenters. The lowest BCUT2D eigenvalue weighted by Crippen LogP contribution is -2.30. The van der Waals surface area contributed by atoms with Gasteiger partial charge in [-0.15, -0.1) is 0 Å². The summed E-state index contributed by atoms with van der Waals surface area (Å²) in [4.78, 5) is 38.4. The minimum absolute atomic E-state index is 0.0885. The fraction of sp³-hybridized carbons (Fsp3) is 0.701. The van der Waals surface area contributed by atoms with E-state index in [2.05, 4.69) is 142 Å². The topological polar surface area (TPSA) is 78.9 Å². The van der Waals surface area contributed by atoms with Crippen LogP contribution in [0.1, 0.15) is 329 Å². The maximum Gasteiger partial charge on any atom is 0.306 e. The molecule has 0 saturated carbocycles. The first kappa shape index (κ1) is 78.8. The van der Waals surface area contributed by atoms with Crippen molar-refractivity contribution in [3.63, 3.8) is 0 Å². The summed E-state index contributed by atoms with van der Waals surface area (Å²) in [6.45, 7) is 6.39. The minimum Gasteiger partial charge on any atom is -0.462 e. The zero-order chi connectivity index (χ0) is 59.9. The molecule has 83 heavy (non-hydrogen) atoms. The maximum atomic E-state index is 12.9. The number of hydrogen-bond acceptors (Lipinski definition) is 6. The summed E-state index contributed by atoms with van der Waals surface area (Å²) < 4.78 is 17.0. The van der Waals surface area contributed by atoms with Crippen molar-refractivity contribution >= 4 is 17.9 Å². The van der Waals surface area contributed by atoms with Gasteiger partial charge in [0.25, 0.3) is 0 Å². The van der Waals surface area contributed by atoms with Gasteiger partial charge in [0.1, 0.15) is 13.2 Å². The second-order valence-corrected chi connectivity index (χ2v) is 23.0. The third kappa shape index (κ3) is 68.5. The quantitative estimate of drug-likeness (QED) is 0.0261. The van der Waals surface area contributed by atoms with E-state index in [4.69, 9.17) is 14.2 Å². The van der Waals surface area contributed by atoms with Crippen LogP contribution in [0.4, 0.5) is 0 Å². The molecule has 0 N–H and O–H groups in total. The van der Waals surface area contributed by atoms with Gasteiger partial charge in [0.05, 0.1) is 0 Å². The molecule has 0 fully saturated rings. The fourth-order valence-corrected chi connectivity index (χ4v) is 9.75. The van der Waals surface area contributed by atoms with E-state index >= 15 is 0 Å². The molecule has 0 aromatic carbocycles. The summed E-state index contributed by atoms with van der Waals surface area (Å²) >= 11 is 0. The predicted molar refractivity (Wildman–Crippen MR) is 362 cm³/mol. The second-order valence-electron chi connectivity index (χ2n) is 23.0. The fourth-order valence-electron chi connectivity index (χ4n) is 9.75. The molecule has 0 heterocycles. The molecule has 0 aliphatic heterocycles. The van der Waals surface area contributed by atoms with Crippen molar-refractivity contribution in [3.05, 3.63) is 122 Å². The van der Waals surface area contributed by atoms with Crippen LogP contribution in [0.5, 0.6) is 0 Å². The van der Waals surface area contributed by atoms with Crippen molar-refractivity contribution < 1.29 is 28.6 Å². The zero-order valence-corrected chi connectivity index (χ0v) is 54.4.